The van der Waals surface area contributed by atoms with Gasteiger partial charge in [-0.3, -0.25) is 0 Å². The van der Waals surface area contributed by atoms with Gasteiger partial charge in [0.1, 0.15) is 11.6 Å². The van der Waals surface area contributed by atoms with Crippen molar-refractivity contribution in [2.45, 2.75) is 6.92 Å². The van der Waals surface area contributed by atoms with E-state index in [0.717, 1.165) is 11.4 Å². The van der Waals surface area contributed by atoms with E-state index in [1.807, 2.05) is 37.3 Å². The molecule has 0 amide bonds. The maximum atomic E-state index is 9.07. The third kappa shape index (κ3) is 2.63. The van der Waals surface area contributed by atoms with Crippen LogP contribution in [0.2, 0.25) is 0 Å². The van der Waals surface area contributed by atoms with Crippen molar-refractivity contribution in [1.29, 1.82) is 5.26 Å². The summed E-state index contributed by atoms with van der Waals surface area (Å²) in [5.74, 6) is 0.931. The zero-order chi connectivity index (χ0) is 15.4. The van der Waals surface area contributed by atoms with E-state index < -0.39 is 0 Å². The Bertz CT molecular complexity index is 822. The van der Waals surface area contributed by atoms with Crippen LogP contribution in [0, 0.1) is 18.3 Å². The van der Waals surface area contributed by atoms with Crippen LogP contribution in [0.25, 0.3) is 11.3 Å². The maximum Gasteiger partial charge on any atom is 0.216 e. The molecular weight excluding hydrogens is 284 g/mol. The Hall–Kier alpha value is -3.61. The first-order valence-corrected chi connectivity index (χ1v) is 6.24. The second kappa shape index (κ2) is 5.80. The van der Waals surface area contributed by atoms with Crippen molar-refractivity contribution < 1.29 is 0 Å². The van der Waals surface area contributed by atoms with E-state index in [2.05, 4.69) is 41.5 Å². The van der Waals surface area contributed by atoms with E-state index in [0.29, 0.717) is 5.82 Å². The highest BCUT2D eigenvalue weighted by Gasteiger charge is 2.06. The van der Waals surface area contributed by atoms with E-state index in [1.165, 1.54) is 6.20 Å². The number of nitrogens with zero attached hydrogens (tertiary/aromatic N) is 8. The van der Waals surface area contributed by atoms with Crippen LogP contribution in [-0.4, -0.2) is 40.8 Å². The minimum Gasteiger partial charge on any atom is -0.360 e. The minimum atomic E-state index is 0.232. The molecule has 0 aliphatic rings. The van der Waals surface area contributed by atoms with E-state index >= 15 is 0 Å². The van der Waals surface area contributed by atoms with Gasteiger partial charge in [-0.25, -0.2) is 0 Å². The van der Waals surface area contributed by atoms with Gasteiger partial charge in [-0.1, -0.05) is 0 Å². The minimum absolute atomic E-state index is 0.232. The number of aromatic nitrogens is 8. The number of hydrogen-bond acceptors (Lipinski definition) is 8. The van der Waals surface area contributed by atoms with Crippen LogP contribution in [0.4, 0.5) is 5.69 Å². The second-order valence-electron chi connectivity index (χ2n) is 4.23. The molecular formula is C12H10N10. The number of tetrazole rings is 2. The van der Waals surface area contributed by atoms with Gasteiger partial charge in [0.05, 0.1) is 5.69 Å². The fourth-order valence-corrected chi connectivity index (χ4v) is 1.75. The highest BCUT2D eigenvalue weighted by Crippen LogP contribution is 2.14. The Morgan fingerprint density at radius 1 is 1.32 bits per heavy atom. The van der Waals surface area contributed by atoms with Crippen LogP contribution in [0.15, 0.2) is 30.5 Å². The Morgan fingerprint density at radius 3 is 2.73 bits per heavy atom. The first-order valence-electron chi connectivity index (χ1n) is 6.24. The van der Waals surface area contributed by atoms with Gasteiger partial charge in [-0.2, -0.15) is 15.2 Å². The van der Waals surface area contributed by atoms with E-state index in [-0.39, 0.29) is 11.4 Å². The van der Waals surface area contributed by atoms with Gasteiger partial charge in [0.25, 0.3) is 0 Å². The van der Waals surface area contributed by atoms with Crippen molar-refractivity contribution in [2.75, 3.05) is 5.32 Å². The molecule has 3 rings (SSSR count). The summed E-state index contributed by atoms with van der Waals surface area (Å²) in [6, 6.07) is 9.41. The van der Waals surface area contributed by atoms with Crippen LogP contribution in [-0.2, 0) is 0 Å². The Kier molecular flexibility index (Phi) is 3.52. The first-order chi connectivity index (χ1) is 10.8. The Morgan fingerprint density at radius 2 is 2.14 bits per heavy atom. The Labute approximate surface area is 124 Å². The molecule has 2 aromatic heterocycles. The van der Waals surface area contributed by atoms with E-state index in [9.17, 15) is 0 Å². The molecule has 10 nitrogen and oxygen atoms in total. The molecule has 0 aliphatic carbocycles. The highest BCUT2D eigenvalue weighted by molar-refractivity contribution is 5.74. The molecule has 0 spiro atoms. The lowest BCUT2D eigenvalue weighted by Gasteiger charge is -2.04. The standard InChI is InChI=1S/C12H10N10/c1-8-15-20-21-22(8)11-4-2-10(3-5-11)14-7-9(6-13)12-16-18-19-17-12/h2-5,7,14H,1H3,(H,16,17,18,19). The van der Waals surface area contributed by atoms with Crippen molar-refractivity contribution in [1.82, 2.24) is 40.8 Å². The average molecular weight is 294 g/mol. The van der Waals surface area contributed by atoms with Crippen molar-refractivity contribution in [3.63, 3.8) is 0 Å². The van der Waals surface area contributed by atoms with Gasteiger partial charge in [0.15, 0.2) is 5.82 Å². The summed E-state index contributed by atoms with van der Waals surface area (Å²) in [5.41, 5.74) is 1.91. The number of allylic oxidation sites excluding steroid dienone is 1. The second-order valence-corrected chi connectivity index (χ2v) is 4.23. The van der Waals surface area contributed by atoms with Gasteiger partial charge in [0.2, 0.25) is 5.82 Å². The van der Waals surface area contributed by atoms with Gasteiger partial charge in [-0.15, -0.1) is 15.3 Å². The topological polar surface area (TPSA) is 134 Å². The summed E-state index contributed by atoms with van der Waals surface area (Å²) < 4.78 is 1.62. The molecule has 0 bridgehead atoms. The first kappa shape index (κ1) is 13.4. The van der Waals surface area contributed by atoms with Gasteiger partial charge < -0.3 is 5.32 Å². The summed E-state index contributed by atoms with van der Waals surface area (Å²) in [6.07, 6.45) is 1.52. The molecule has 22 heavy (non-hydrogen) atoms. The zero-order valence-electron chi connectivity index (χ0n) is 11.5. The Balaban J connectivity index is 1.77. The maximum absolute atomic E-state index is 9.07. The molecule has 0 atom stereocenters. The SMILES string of the molecule is Cc1nnnn1-c1ccc(NC=C(C#N)c2nn[nH]n2)cc1. The molecule has 0 fully saturated rings. The van der Waals surface area contributed by atoms with E-state index in [4.69, 9.17) is 5.26 Å². The quantitative estimate of drug-likeness (QED) is 0.663. The van der Waals surface area contributed by atoms with Gasteiger partial charge in [-0.05, 0) is 46.8 Å². The lowest BCUT2D eigenvalue weighted by molar-refractivity contribution is 0.779. The lowest BCUT2D eigenvalue weighted by atomic mass is 10.2. The number of hydrogen-bond donors (Lipinski definition) is 2. The smallest absolute Gasteiger partial charge is 0.216 e. The molecule has 0 saturated heterocycles. The predicted molar refractivity (Wildman–Crippen MR) is 75.3 cm³/mol. The summed E-state index contributed by atoms with van der Waals surface area (Å²) >= 11 is 0. The third-order valence-corrected chi connectivity index (χ3v) is 2.83. The van der Waals surface area contributed by atoms with Gasteiger partial charge >= 0.3 is 0 Å². The predicted octanol–water partition coefficient (Wildman–Crippen LogP) is 0.460. The summed E-state index contributed by atoms with van der Waals surface area (Å²) in [4.78, 5) is 0. The number of aromatic amines is 1. The van der Waals surface area contributed by atoms with Crippen LogP contribution in [0.1, 0.15) is 11.6 Å². The molecule has 2 N–H and O–H groups in total. The summed E-state index contributed by atoms with van der Waals surface area (Å²) in [6.45, 7) is 1.82. The van der Waals surface area contributed by atoms with Crippen molar-refractivity contribution in [3.05, 3.63) is 42.1 Å². The number of aryl methyl sites for hydroxylation is 1. The molecule has 3 aromatic rings. The number of rotatable bonds is 4. The van der Waals surface area contributed by atoms with Crippen molar-refractivity contribution in [2.24, 2.45) is 0 Å². The molecule has 0 aliphatic heterocycles. The molecule has 2 heterocycles. The highest BCUT2D eigenvalue weighted by atomic mass is 15.5. The number of nitrogens with one attached hydrogen (secondary N) is 2. The van der Waals surface area contributed by atoms with Crippen LogP contribution >= 0.6 is 0 Å². The van der Waals surface area contributed by atoms with E-state index in [1.54, 1.807) is 4.68 Å². The third-order valence-electron chi connectivity index (χ3n) is 2.83. The number of nitriles is 1. The van der Waals surface area contributed by atoms with Crippen LogP contribution in [0.3, 0.4) is 0 Å². The molecule has 0 unspecified atom stereocenters. The lowest BCUT2D eigenvalue weighted by Crippen LogP contribution is -1.99. The summed E-state index contributed by atoms with van der Waals surface area (Å²) in [5, 5.41) is 36.6. The fourth-order valence-electron chi connectivity index (χ4n) is 1.75. The van der Waals surface area contributed by atoms with Crippen molar-refractivity contribution in [3.8, 4) is 11.8 Å². The molecule has 1 aromatic carbocycles. The normalized spacial score (nSPS) is 11.2. The van der Waals surface area contributed by atoms with Crippen LogP contribution in [0.5, 0.6) is 0 Å². The number of benzene rings is 1. The van der Waals surface area contributed by atoms with Gasteiger partial charge in [0, 0.05) is 11.9 Å². The average Bonchev–Trinajstić information content (AvgIpc) is 3.20. The zero-order valence-corrected chi connectivity index (χ0v) is 11.5. The molecule has 10 heteroatoms. The van der Waals surface area contributed by atoms with Crippen LogP contribution < -0.4 is 5.32 Å². The largest absolute Gasteiger partial charge is 0.360 e. The fraction of sp³-hybridized carbons (Fsp3) is 0.0833. The monoisotopic (exact) mass is 294 g/mol. The summed E-state index contributed by atoms with van der Waals surface area (Å²) in [7, 11) is 0. The molecule has 0 saturated carbocycles. The van der Waals surface area contributed by atoms with Crippen molar-refractivity contribution >= 4 is 11.3 Å². The number of anilines is 1. The molecule has 108 valence electrons. The number of H-pyrrole nitrogens is 1. The molecule has 0 radical (unpaired) electrons.